The lowest BCUT2D eigenvalue weighted by molar-refractivity contribution is 0.117. The van der Waals surface area contributed by atoms with E-state index in [4.69, 9.17) is 0 Å². The Kier molecular flexibility index (Phi) is 4.79. The zero-order valence-electron chi connectivity index (χ0n) is 11.9. The molecule has 2 rings (SSSR count). The molecule has 0 radical (unpaired) electrons. The Bertz CT molecular complexity index is 349. The molecular weight excluding hydrogens is 220 g/mol. The van der Waals surface area contributed by atoms with Crippen molar-refractivity contribution in [3.63, 3.8) is 0 Å². The van der Waals surface area contributed by atoms with E-state index in [0.717, 1.165) is 19.0 Å². The summed E-state index contributed by atoms with van der Waals surface area (Å²) in [6, 6.07) is 12.0. The van der Waals surface area contributed by atoms with Gasteiger partial charge in [-0.1, -0.05) is 50.6 Å². The minimum Gasteiger partial charge on any atom is -0.308 e. The van der Waals surface area contributed by atoms with E-state index >= 15 is 0 Å². The Balaban J connectivity index is 2.01. The van der Waals surface area contributed by atoms with Crippen LogP contribution in [0.5, 0.6) is 0 Å². The van der Waals surface area contributed by atoms with Gasteiger partial charge in [0.1, 0.15) is 0 Å². The Morgan fingerprint density at radius 1 is 1.28 bits per heavy atom. The lowest BCUT2D eigenvalue weighted by Crippen LogP contribution is -2.50. The predicted octanol–water partition coefficient (Wildman–Crippen LogP) is 3.07. The van der Waals surface area contributed by atoms with E-state index in [-0.39, 0.29) is 0 Å². The molecule has 18 heavy (non-hydrogen) atoms. The Hall–Kier alpha value is -0.860. The largest absolute Gasteiger partial charge is 0.308 e. The number of hydrogen-bond acceptors (Lipinski definition) is 2. The molecule has 1 heterocycles. The fourth-order valence-electron chi connectivity index (χ4n) is 2.75. The summed E-state index contributed by atoms with van der Waals surface area (Å²) >= 11 is 0. The second-order valence-electron chi connectivity index (χ2n) is 5.54. The highest BCUT2D eigenvalue weighted by atomic mass is 15.2. The second kappa shape index (κ2) is 6.35. The summed E-state index contributed by atoms with van der Waals surface area (Å²) in [4.78, 5) is 2.64. The van der Waals surface area contributed by atoms with Gasteiger partial charge in [-0.3, -0.25) is 4.90 Å². The monoisotopic (exact) mass is 246 g/mol. The number of benzene rings is 1. The van der Waals surface area contributed by atoms with E-state index < -0.39 is 0 Å². The van der Waals surface area contributed by atoms with Crippen LogP contribution in [0.15, 0.2) is 30.3 Å². The first kappa shape index (κ1) is 13.6. The molecule has 2 heteroatoms. The van der Waals surface area contributed by atoms with Gasteiger partial charge in [0.15, 0.2) is 0 Å². The van der Waals surface area contributed by atoms with Gasteiger partial charge in [-0.25, -0.2) is 0 Å². The standard InChI is InChI=1S/C16H26N2/c1-4-13(2)14(3)18-11-10-17-16(12-18)15-8-6-5-7-9-15/h5-9,13-14,16-17H,4,10-12H2,1-3H3. The van der Waals surface area contributed by atoms with E-state index in [1.54, 1.807) is 0 Å². The molecular formula is C16H26N2. The van der Waals surface area contributed by atoms with Crippen LogP contribution in [0.1, 0.15) is 38.8 Å². The zero-order valence-corrected chi connectivity index (χ0v) is 11.9. The number of piperazine rings is 1. The SMILES string of the molecule is CCC(C)C(C)N1CCNC(c2ccccc2)C1. The summed E-state index contributed by atoms with van der Waals surface area (Å²) in [6.07, 6.45) is 1.26. The first-order valence-corrected chi connectivity index (χ1v) is 7.24. The van der Waals surface area contributed by atoms with Crippen molar-refractivity contribution in [1.82, 2.24) is 10.2 Å². The average molecular weight is 246 g/mol. The van der Waals surface area contributed by atoms with E-state index in [1.807, 2.05) is 0 Å². The van der Waals surface area contributed by atoms with Crippen LogP contribution in [0.4, 0.5) is 0 Å². The van der Waals surface area contributed by atoms with E-state index in [9.17, 15) is 0 Å². The molecule has 0 aromatic heterocycles. The van der Waals surface area contributed by atoms with Crippen LogP contribution in [-0.4, -0.2) is 30.6 Å². The van der Waals surface area contributed by atoms with E-state index in [2.05, 4.69) is 61.3 Å². The minimum absolute atomic E-state index is 0.492. The zero-order chi connectivity index (χ0) is 13.0. The van der Waals surface area contributed by atoms with Crippen LogP contribution < -0.4 is 5.32 Å². The third kappa shape index (κ3) is 3.12. The molecule has 0 saturated carbocycles. The summed E-state index contributed by atoms with van der Waals surface area (Å²) in [5.74, 6) is 0.777. The van der Waals surface area contributed by atoms with Gasteiger partial charge < -0.3 is 5.32 Å². The van der Waals surface area contributed by atoms with Crippen LogP contribution >= 0.6 is 0 Å². The van der Waals surface area contributed by atoms with Crippen molar-refractivity contribution in [2.24, 2.45) is 5.92 Å². The average Bonchev–Trinajstić information content (AvgIpc) is 2.46. The highest BCUT2D eigenvalue weighted by Gasteiger charge is 2.26. The van der Waals surface area contributed by atoms with Crippen molar-refractivity contribution < 1.29 is 0 Å². The van der Waals surface area contributed by atoms with Gasteiger partial charge in [0, 0.05) is 31.7 Å². The van der Waals surface area contributed by atoms with Crippen molar-refractivity contribution in [2.75, 3.05) is 19.6 Å². The first-order chi connectivity index (χ1) is 8.72. The van der Waals surface area contributed by atoms with Crippen LogP contribution in [-0.2, 0) is 0 Å². The van der Waals surface area contributed by atoms with Crippen molar-refractivity contribution >= 4 is 0 Å². The van der Waals surface area contributed by atoms with Crippen LogP contribution in [0.2, 0.25) is 0 Å². The quantitative estimate of drug-likeness (QED) is 0.878. The summed E-state index contributed by atoms with van der Waals surface area (Å²) in [5, 5.41) is 3.64. The molecule has 1 aliphatic heterocycles. The third-order valence-corrected chi connectivity index (χ3v) is 4.45. The molecule has 1 fully saturated rings. The normalized spacial score (nSPS) is 24.7. The molecule has 1 aliphatic rings. The van der Waals surface area contributed by atoms with Crippen LogP contribution in [0.25, 0.3) is 0 Å². The minimum atomic E-state index is 0.492. The number of nitrogens with one attached hydrogen (secondary N) is 1. The lowest BCUT2D eigenvalue weighted by Gasteiger charge is -2.40. The molecule has 0 bridgehead atoms. The van der Waals surface area contributed by atoms with Crippen LogP contribution in [0.3, 0.4) is 0 Å². The molecule has 1 aromatic rings. The van der Waals surface area contributed by atoms with Crippen molar-refractivity contribution in [3.05, 3.63) is 35.9 Å². The molecule has 3 unspecified atom stereocenters. The Morgan fingerprint density at radius 2 is 2.00 bits per heavy atom. The van der Waals surface area contributed by atoms with Crippen molar-refractivity contribution in [1.29, 1.82) is 0 Å². The summed E-state index contributed by atoms with van der Waals surface area (Å²) < 4.78 is 0. The summed E-state index contributed by atoms with van der Waals surface area (Å²) in [6.45, 7) is 10.4. The van der Waals surface area contributed by atoms with Gasteiger partial charge in [-0.2, -0.15) is 0 Å². The summed E-state index contributed by atoms with van der Waals surface area (Å²) in [5.41, 5.74) is 1.42. The van der Waals surface area contributed by atoms with E-state index in [1.165, 1.54) is 18.5 Å². The fraction of sp³-hybridized carbons (Fsp3) is 0.625. The Morgan fingerprint density at radius 3 is 2.67 bits per heavy atom. The maximum atomic E-state index is 3.64. The van der Waals surface area contributed by atoms with Gasteiger partial charge in [0.2, 0.25) is 0 Å². The second-order valence-corrected chi connectivity index (χ2v) is 5.54. The molecule has 0 aliphatic carbocycles. The number of hydrogen-bond donors (Lipinski definition) is 1. The van der Waals surface area contributed by atoms with Gasteiger partial charge in [0.25, 0.3) is 0 Å². The van der Waals surface area contributed by atoms with Gasteiger partial charge >= 0.3 is 0 Å². The maximum Gasteiger partial charge on any atom is 0.0449 e. The molecule has 2 nitrogen and oxygen atoms in total. The number of rotatable bonds is 4. The highest BCUT2D eigenvalue weighted by molar-refractivity contribution is 5.19. The highest BCUT2D eigenvalue weighted by Crippen LogP contribution is 2.21. The molecule has 100 valence electrons. The van der Waals surface area contributed by atoms with Crippen LogP contribution in [0, 0.1) is 5.92 Å². The smallest absolute Gasteiger partial charge is 0.0449 e. The molecule has 0 amide bonds. The van der Waals surface area contributed by atoms with Gasteiger partial charge in [0.05, 0.1) is 0 Å². The molecule has 0 spiro atoms. The molecule has 1 saturated heterocycles. The van der Waals surface area contributed by atoms with E-state index in [0.29, 0.717) is 12.1 Å². The van der Waals surface area contributed by atoms with Gasteiger partial charge in [-0.15, -0.1) is 0 Å². The topological polar surface area (TPSA) is 15.3 Å². The first-order valence-electron chi connectivity index (χ1n) is 7.24. The molecule has 3 atom stereocenters. The van der Waals surface area contributed by atoms with Gasteiger partial charge in [-0.05, 0) is 18.4 Å². The van der Waals surface area contributed by atoms with Crippen molar-refractivity contribution in [2.45, 2.75) is 39.3 Å². The molecule has 1 aromatic carbocycles. The van der Waals surface area contributed by atoms with Crippen molar-refractivity contribution in [3.8, 4) is 0 Å². The maximum absolute atomic E-state index is 3.64. The summed E-state index contributed by atoms with van der Waals surface area (Å²) in [7, 11) is 0. The fourth-order valence-corrected chi connectivity index (χ4v) is 2.75. The molecule has 1 N–H and O–H groups in total. The third-order valence-electron chi connectivity index (χ3n) is 4.45. The Labute approximate surface area is 111 Å². The lowest BCUT2D eigenvalue weighted by atomic mass is 9.96. The predicted molar refractivity (Wildman–Crippen MR) is 77.7 cm³/mol. The number of nitrogens with zero attached hydrogens (tertiary/aromatic N) is 1.